The number of alkyl halides is 3. The monoisotopic (exact) mass is 442 g/mol. The maximum atomic E-state index is 13.0. The van der Waals surface area contributed by atoms with Gasteiger partial charge in [-0.25, -0.2) is 13.1 Å². The average Bonchev–Trinajstić information content (AvgIpc) is 2.65. The fourth-order valence-electron chi connectivity index (χ4n) is 2.80. The first-order chi connectivity index (χ1) is 13.7. The fourth-order valence-corrected chi connectivity index (χ4v) is 4.10. The minimum atomic E-state index is -4.45. The molecule has 2 N–H and O–H groups in total. The van der Waals surface area contributed by atoms with Crippen LogP contribution in [0.4, 0.5) is 13.2 Å². The van der Waals surface area contributed by atoms with E-state index >= 15 is 0 Å². The molecule has 5 nitrogen and oxygen atoms in total. The molecule has 1 amide bonds. The van der Waals surface area contributed by atoms with E-state index < -0.39 is 33.1 Å². The molecule has 0 spiro atoms. The number of nitrogens with one attached hydrogen (secondary N) is 2. The highest BCUT2D eigenvalue weighted by Crippen LogP contribution is 2.32. The third kappa shape index (κ3) is 6.06. The van der Waals surface area contributed by atoms with E-state index in [1.54, 1.807) is 33.8 Å². The molecule has 0 unspecified atom stereocenters. The zero-order valence-electron chi connectivity index (χ0n) is 17.2. The summed E-state index contributed by atoms with van der Waals surface area (Å²) in [5, 5.41) is 2.68. The summed E-state index contributed by atoms with van der Waals surface area (Å²) in [5.74, 6) is -0.517. The number of carbonyl (C=O) groups excluding carboxylic acids is 1. The molecule has 0 aliphatic carbocycles. The van der Waals surface area contributed by atoms with Crippen molar-refractivity contribution in [3.8, 4) is 0 Å². The van der Waals surface area contributed by atoms with Crippen LogP contribution in [0.1, 0.15) is 49.2 Å². The third-order valence-corrected chi connectivity index (χ3v) is 6.12. The van der Waals surface area contributed by atoms with Crippen molar-refractivity contribution < 1.29 is 26.4 Å². The Morgan fingerprint density at radius 2 is 1.60 bits per heavy atom. The predicted octanol–water partition coefficient (Wildman–Crippen LogP) is 4.10. The lowest BCUT2D eigenvalue weighted by molar-refractivity contribution is -0.137. The van der Waals surface area contributed by atoms with E-state index in [4.69, 9.17) is 0 Å². The summed E-state index contributed by atoms with van der Waals surface area (Å²) in [6.07, 6.45) is -4.45. The molecule has 2 rings (SSSR count). The van der Waals surface area contributed by atoms with Crippen molar-refractivity contribution in [1.82, 2.24) is 10.0 Å². The molecule has 0 heterocycles. The van der Waals surface area contributed by atoms with Gasteiger partial charge in [0.15, 0.2) is 0 Å². The lowest BCUT2D eigenvalue weighted by atomic mass is 9.83. The van der Waals surface area contributed by atoms with Crippen LogP contribution < -0.4 is 10.0 Å². The van der Waals surface area contributed by atoms with Crippen molar-refractivity contribution in [2.24, 2.45) is 0 Å². The molecule has 0 aliphatic heterocycles. The second-order valence-corrected chi connectivity index (χ2v) is 9.66. The molecule has 0 bridgehead atoms. The summed E-state index contributed by atoms with van der Waals surface area (Å²) in [5.41, 5.74) is -0.966. The highest BCUT2D eigenvalue weighted by atomic mass is 32.2. The number of benzene rings is 2. The van der Waals surface area contributed by atoms with Crippen molar-refractivity contribution in [3.05, 3.63) is 65.2 Å². The molecule has 164 valence electrons. The van der Waals surface area contributed by atoms with Crippen LogP contribution in [0.2, 0.25) is 0 Å². The van der Waals surface area contributed by atoms with E-state index in [2.05, 4.69) is 10.0 Å². The smallest absolute Gasteiger partial charge is 0.351 e. The van der Waals surface area contributed by atoms with Crippen LogP contribution in [-0.2, 0) is 21.6 Å². The fraction of sp³-hybridized carbons (Fsp3) is 0.381. The van der Waals surface area contributed by atoms with Gasteiger partial charge in [-0.2, -0.15) is 13.2 Å². The SMILES string of the molecule is CC(C)NS(=O)(=O)c1cccc(C(=O)NCC(C)(C)c2cccc(C(F)(F)F)c2)c1. The van der Waals surface area contributed by atoms with Crippen molar-refractivity contribution in [3.63, 3.8) is 0 Å². The largest absolute Gasteiger partial charge is 0.416 e. The summed E-state index contributed by atoms with van der Waals surface area (Å²) < 4.78 is 66.0. The molecule has 0 aromatic heterocycles. The summed E-state index contributed by atoms with van der Waals surface area (Å²) in [6, 6.07) is 10.2. The Kier molecular flexibility index (Phi) is 6.98. The van der Waals surface area contributed by atoms with E-state index in [-0.39, 0.29) is 23.0 Å². The summed E-state index contributed by atoms with van der Waals surface area (Å²) >= 11 is 0. The standard InChI is InChI=1S/C21H25F3N2O3S/c1-14(2)26-30(28,29)18-10-5-7-15(11-18)19(27)25-13-20(3,4)16-8-6-9-17(12-16)21(22,23)24/h5-12,14,26H,13H2,1-4H3,(H,25,27). The minimum Gasteiger partial charge on any atom is -0.351 e. The number of sulfonamides is 1. The summed E-state index contributed by atoms with van der Waals surface area (Å²) in [7, 11) is -3.76. The van der Waals surface area contributed by atoms with E-state index in [9.17, 15) is 26.4 Å². The normalized spacial score (nSPS) is 12.8. The van der Waals surface area contributed by atoms with Gasteiger partial charge in [0.05, 0.1) is 10.5 Å². The highest BCUT2D eigenvalue weighted by molar-refractivity contribution is 7.89. The lowest BCUT2D eigenvalue weighted by Crippen LogP contribution is -2.37. The first-order valence-electron chi connectivity index (χ1n) is 9.31. The first-order valence-corrected chi connectivity index (χ1v) is 10.8. The predicted molar refractivity (Wildman–Crippen MR) is 109 cm³/mol. The highest BCUT2D eigenvalue weighted by Gasteiger charge is 2.32. The molecule has 0 aliphatic rings. The van der Waals surface area contributed by atoms with Gasteiger partial charge in [0.1, 0.15) is 0 Å². The van der Waals surface area contributed by atoms with Crippen LogP contribution in [0, 0.1) is 0 Å². The van der Waals surface area contributed by atoms with Gasteiger partial charge in [0.25, 0.3) is 5.91 Å². The average molecular weight is 443 g/mol. The van der Waals surface area contributed by atoms with Crippen LogP contribution in [0.5, 0.6) is 0 Å². The van der Waals surface area contributed by atoms with Gasteiger partial charge in [-0.05, 0) is 43.7 Å². The van der Waals surface area contributed by atoms with Crippen LogP contribution in [0.3, 0.4) is 0 Å². The molecule has 30 heavy (non-hydrogen) atoms. The zero-order valence-corrected chi connectivity index (χ0v) is 18.0. The van der Waals surface area contributed by atoms with Gasteiger partial charge in [-0.1, -0.05) is 38.1 Å². The second kappa shape index (κ2) is 8.77. The van der Waals surface area contributed by atoms with Crippen molar-refractivity contribution in [2.45, 2.75) is 50.2 Å². The number of hydrogen-bond acceptors (Lipinski definition) is 3. The summed E-state index contributed by atoms with van der Waals surface area (Å²) in [4.78, 5) is 12.5. The van der Waals surface area contributed by atoms with Crippen molar-refractivity contribution in [2.75, 3.05) is 6.54 Å². The molecular weight excluding hydrogens is 417 g/mol. The van der Waals surface area contributed by atoms with Gasteiger partial charge in [0, 0.05) is 23.6 Å². The third-order valence-electron chi connectivity index (χ3n) is 4.46. The molecule has 0 saturated heterocycles. The Morgan fingerprint density at radius 1 is 1.00 bits per heavy atom. The lowest BCUT2D eigenvalue weighted by Gasteiger charge is -2.26. The minimum absolute atomic E-state index is 0.0408. The van der Waals surface area contributed by atoms with Gasteiger partial charge in [-0.3, -0.25) is 4.79 Å². The van der Waals surface area contributed by atoms with Gasteiger partial charge in [0.2, 0.25) is 10.0 Å². The Morgan fingerprint density at radius 3 is 2.20 bits per heavy atom. The summed E-state index contributed by atoms with van der Waals surface area (Å²) in [6.45, 7) is 6.87. The van der Waals surface area contributed by atoms with Crippen LogP contribution in [0.25, 0.3) is 0 Å². The Balaban J connectivity index is 2.17. The number of halogens is 3. The maximum Gasteiger partial charge on any atom is 0.416 e. The van der Waals surface area contributed by atoms with Crippen molar-refractivity contribution >= 4 is 15.9 Å². The maximum absolute atomic E-state index is 13.0. The van der Waals surface area contributed by atoms with Crippen molar-refractivity contribution in [1.29, 1.82) is 0 Å². The van der Waals surface area contributed by atoms with Crippen LogP contribution in [-0.4, -0.2) is 26.9 Å². The van der Waals surface area contributed by atoms with Crippen LogP contribution in [0.15, 0.2) is 53.4 Å². The first kappa shape index (κ1) is 23.9. The van der Waals surface area contributed by atoms with E-state index in [1.165, 1.54) is 30.3 Å². The second-order valence-electron chi connectivity index (χ2n) is 7.95. The zero-order chi connectivity index (χ0) is 22.7. The molecule has 2 aromatic carbocycles. The molecule has 0 atom stereocenters. The Hall–Kier alpha value is -2.39. The van der Waals surface area contributed by atoms with E-state index in [1.807, 2.05) is 0 Å². The Bertz CT molecular complexity index is 1020. The number of carbonyl (C=O) groups is 1. The number of rotatable bonds is 7. The van der Waals surface area contributed by atoms with E-state index in [0.29, 0.717) is 5.56 Å². The van der Waals surface area contributed by atoms with Gasteiger partial charge < -0.3 is 5.32 Å². The van der Waals surface area contributed by atoms with Gasteiger partial charge >= 0.3 is 6.18 Å². The number of hydrogen-bond donors (Lipinski definition) is 2. The van der Waals surface area contributed by atoms with Gasteiger partial charge in [-0.15, -0.1) is 0 Å². The molecule has 2 aromatic rings. The van der Waals surface area contributed by atoms with E-state index in [0.717, 1.165) is 12.1 Å². The molecule has 0 fully saturated rings. The quantitative estimate of drug-likeness (QED) is 0.678. The number of amides is 1. The Labute approximate surface area is 174 Å². The molecule has 0 saturated carbocycles. The topological polar surface area (TPSA) is 75.3 Å². The molecule has 0 radical (unpaired) electrons. The molecular formula is C21H25F3N2O3S. The molecule has 9 heteroatoms. The van der Waals surface area contributed by atoms with Crippen LogP contribution >= 0.6 is 0 Å².